The van der Waals surface area contributed by atoms with Gasteiger partial charge in [-0.25, -0.2) is 0 Å². The maximum Gasteiger partial charge on any atom is 0.387 e. The minimum Gasteiger partial charge on any atom is -0.431 e. The number of oxime groups is 1. The van der Waals surface area contributed by atoms with Crippen LogP contribution in [0.15, 0.2) is 23.4 Å². The quantitative estimate of drug-likeness (QED) is 0.602. The Morgan fingerprint density at radius 3 is 2.84 bits per heavy atom. The van der Waals surface area contributed by atoms with Crippen molar-refractivity contribution in [2.75, 3.05) is 13.2 Å². The Bertz CT molecular complexity index is 711. The third kappa shape index (κ3) is 3.44. The first-order valence-electron chi connectivity index (χ1n) is 8.18. The van der Waals surface area contributed by atoms with Crippen LogP contribution in [-0.4, -0.2) is 37.1 Å². The van der Waals surface area contributed by atoms with Gasteiger partial charge < -0.3 is 19.0 Å². The van der Waals surface area contributed by atoms with Crippen molar-refractivity contribution in [3.63, 3.8) is 0 Å². The summed E-state index contributed by atoms with van der Waals surface area (Å²) in [5.74, 6) is -0.789. The second kappa shape index (κ2) is 6.25. The second-order valence-corrected chi connectivity index (χ2v) is 6.53. The summed E-state index contributed by atoms with van der Waals surface area (Å²) in [5, 5.41) is 4.11. The molecule has 8 heteroatoms. The van der Waals surface area contributed by atoms with E-state index in [9.17, 15) is 13.6 Å². The molecule has 2 aliphatic heterocycles. The highest BCUT2D eigenvalue weighted by atomic mass is 19.3. The highest BCUT2D eigenvalue weighted by Gasteiger charge is 2.43. The molecule has 0 amide bonds. The van der Waals surface area contributed by atoms with E-state index < -0.39 is 18.2 Å². The Balaban J connectivity index is 1.57. The topological polar surface area (TPSA) is 66.4 Å². The molecule has 3 aliphatic rings. The number of rotatable bonds is 5. The monoisotopic (exact) mass is 353 g/mol. The van der Waals surface area contributed by atoms with Gasteiger partial charge in [0.2, 0.25) is 0 Å². The number of nitrogens with zero attached hydrogens (tertiary/aromatic N) is 1. The van der Waals surface area contributed by atoms with Gasteiger partial charge in [-0.05, 0) is 31.0 Å². The largest absolute Gasteiger partial charge is 0.431 e. The maximum atomic E-state index is 12.6. The zero-order valence-corrected chi connectivity index (χ0v) is 13.4. The van der Waals surface area contributed by atoms with Gasteiger partial charge in [-0.1, -0.05) is 5.16 Å². The SMILES string of the molecule is O=C(Oc1cc(C2=NOC3(CCOC3)C2)ccc1OC(F)F)C1CC1. The van der Waals surface area contributed by atoms with Crippen molar-refractivity contribution in [1.29, 1.82) is 0 Å². The summed E-state index contributed by atoms with van der Waals surface area (Å²) in [6.07, 6.45) is 2.81. The molecule has 2 heterocycles. The van der Waals surface area contributed by atoms with E-state index in [0.29, 0.717) is 30.9 Å². The van der Waals surface area contributed by atoms with Crippen LogP contribution in [0.2, 0.25) is 0 Å². The molecule has 0 aromatic heterocycles. The van der Waals surface area contributed by atoms with Gasteiger partial charge in [0.05, 0.1) is 24.8 Å². The van der Waals surface area contributed by atoms with Crippen molar-refractivity contribution in [3.8, 4) is 11.5 Å². The third-order valence-corrected chi connectivity index (χ3v) is 4.52. The van der Waals surface area contributed by atoms with E-state index >= 15 is 0 Å². The molecule has 1 aromatic carbocycles. The first-order valence-corrected chi connectivity index (χ1v) is 8.18. The summed E-state index contributed by atoms with van der Waals surface area (Å²) in [6, 6.07) is 4.45. The van der Waals surface area contributed by atoms with Crippen molar-refractivity contribution in [1.82, 2.24) is 0 Å². The molecule has 1 aliphatic carbocycles. The molecule has 2 fully saturated rings. The predicted octanol–water partition coefficient (Wildman–Crippen LogP) is 2.89. The molecule has 134 valence electrons. The molecule has 1 saturated carbocycles. The Labute approximate surface area is 142 Å². The molecule has 6 nitrogen and oxygen atoms in total. The molecular formula is C17H17F2NO5. The van der Waals surface area contributed by atoms with Crippen LogP contribution in [0.25, 0.3) is 0 Å². The molecule has 1 atom stereocenters. The van der Waals surface area contributed by atoms with Crippen molar-refractivity contribution >= 4 is 11.7 Å². The van der Waals surface area contributed by atoms with Crippen molar-refractivity contribution in [2.24, 2.45) is 11.1 Å². The van der Waals surface area contributed by atoms with Crippen LogP contribution >= 0.6 is 0 Å². The molecule has 25 heavy (non-hydrogen) atoms. The number of hydrogen-bond donors (Lipinski definition) is 0. The van der Waals surface area contributed by atoms with E-state index in [1.807, 2.05) is 0 Å². The molecule has 0 radical (unpaired) electrons. The first kappa shape index (κ1) is 16.3. The van der Waals surface area contributed by atoms with Crippen molar-refractivity contribution in [3.05, 3.63) is 23.8 Å². The smallest absolute Gasteiger partial charge is 0.387 e. The standard InChI is InChI=1S/C17H17F2NO5/c18-16(19)24-13-4-3-11(7-14(13)23-15(21)10-1-2-10)12-8-17(25-20-12)5-6-22-9-17/h3-4,7,10,16H,1-2,5-6,8-9H2. The van der Waals surface area contributed by atoms with Crippen LogP contribution in [0.1, 0.15) is 31.2 Å². The number of carbonyl (C=O) groups is 1. The molecule has 0 N–H and O–H groups in total. The molecule has 1 spiro atoms. The lowest BCUT2D eigenvalue weighted by molar-refractivity contribution is -0.136. The summed E-state index contributed by atoms with van der Waals surface area (Å²) >= 11 is 0. The van der Waals surface area contributed by atoms with Crippen LogP contribution in [-0.2, 0) is 14.4 Å². The Morgan fingerprint density at radius 1 is 1.32 bits per heavy atom. The van der Waals surface area contributed by atoms with Gasteiger partial charge >= 0.3 is 12.6 Å². The highest BCUT2D eigenvalue weighted by molar-refractivity contribution is 6.02. The lowest BCUT2D eigenvalue weighted by atomic mass is 9.93. The Morgan fingerprint density at radius 2 is 2.16 bits per heavy atom. The fourth-order valence-electron chi connectivity index (χ4n) is 2.95. The molecule has 4 rings (SSSR count). The number of ether oxygens (including phenoxy) is 3. The fraction of sp³-hybridized carbons (Fsp3) is 0.529. The number of hydrogen-bond acceptors (Lipinski definition) is 6. The van der Waals surface area contributed by atoms with Crippen molar-refractivity contribution in [2.45, 2.75) is 37.9 Å². The average Bonchev–Trinajstić information content (AvgIpc) is 3.21. The summed E-state index contributed by atoms with van der Waals surface area (Å²) in [4.78, 5) is 17.4. The average molecular weight is 353 g/mol. The number of esters is 1. The van der Waals surface area contributed by atoms with Gasteiger partial charge in [0.25, 0.3) is 0 Å². The van der Waals surface area contributed by atoms with Gasteiger partial charge in [-0.2, -0.15) is 8.78 Å². The summed E-state index contributed by atoms with van der Waals surface area (Å²) in [7, 11) is 0. The van der Waals surface area contributed by atoms with E-state index in [-0.39, 0.29) is 17.4 Å². The number of alkyl halides is 2. The minimum atomic E-state index is -3.00. The van der Waals surface area contributed by atoms with Crippen LogP contribution in [0.4, 0.5) is 8.78 Å². The van der Waals surface area contributed by atoms with E-state index in [1.165, 1.54) is 12.1 Å². The minimum absolute atomic E-state index is 0.0268. The van der Waals surface area contributed by atoms with Gasteiger partial charge in [-0.15, -0.1) is 0 Å². The van der Waals surface area contributed by atoms with Crippen LogP contribution < -0.4 is 9.47 Å². The van der Waals surface area contributed by atoms with Gasteiger partial charge in [0.15, 0.2) is 17.1 Å². The lowest BCUT2D eigenvalue weighted by Gasteiger charge is -2.17. The van der Waals surface area contributed by atoms with Crippen molar-refractivity contribution < 1.29 is 32.6 Å². The Hall–Kier alpha value is -2.22. The fourth-order valence-corrected chi connectivity index (χ4v) is 2.95. The Kier molecular flexibility index (Phi) is 4.07. The van der Waals surface area contributed by atoms with Gasteiger partial charge in [-0.3, -0.25) is 4.79 Å². The van der Waals surface area contributed by atoms with E-state index in [2.05, 4.69) is 9.89 Å². The zero-order valence-electron chi connectivity index (χ0n) is 13.4. The molecule has 1 aromatic rings. The van der Waals surface area contributed by atoms with E-state index in [0.717, 1.165) is 19.3 Å². The molecular weight excluding hydrogens is 336 g/mol. The normalized spacial score (nSPS) is 25.2. The van der Waals surface area contributed by atoms with Gasteiger partial charge in [0, 0.05) is 18.4 Å². The highest BCUT2D eigenvalue weighted by Crippen LogP contribution is 2.38. The summed E-state index contributed by atoms with van der Waals surface area (Å²) < 4.78 is 40.3. The molecule has 1 unspecified atom stereocenters. The molecule has 0 bridgehead atoms. The van der Waals surface area contributed by atoms with Crippen LogP contribution in [0.5, 0.6) is 11.5 Å². The number of halogens is 2. The van der Waals surface area contributed by atoms with Crippen LogP contribution in [0.3, 0.4) is 0 Å². The predicted molar refractivity (Wildman–Crippen MR) is 81.8 cm³/mol. The third-order valence-electron chi connectivity index (χ3n) is 4.52. The molecule has 1 saturated heterocycles. The number of carbonyl (C=O) groups excluding carboxylic acids is 1. The first-order chi connectivity index (χ1) is 12.0. The lowest BCUT2D eigenvalue weighted by Crippen LogP contribution is -2.29. The second-order valence-electron chi connectivity index (χ2n) is 6.53. The maximum absolute atomic E-state index is 12.6. The van der Waals surface area contributed by atoms with E-state index in [1.54, 1.807) is 6.07 Å². The zero-order chi connectivity index (χ0) is 17.4. The van der Waals surface area contributed by atoms with Crippen LogP contribution in [0, 0.1) is 5.92 Å². The van der Waals surface area contributed by atoms with E-state index in [4.69, 9.17) is 14.3 Å². The summed E-state index contributed by atoms with van der Waals surface area (Å²) in [5.41, 5.74) is 0.861. The van der Waals surface area contributed by atoms with Gasteiger partial charge in [0.1, 0.15) is 0 Å². The number of benzene rings is 1. The summed E-state index contributed by atoms with van der Waals surface area (Å²) in [6.45, 7) is -1.92.